The van der Waals surface area contributed by atoms with Crippen LogP contribution in [0.2, 0.25) is 0 Å². The number of hydrogen-bond acceptors (Lipinski definition) is 3. The average molecular weight is 354 g/mol. The molecule has 0 bridgehead atoms. The van der Waals surface area contributed by atoms with E-state index in [1.807, 2.05) is 12.1 Å². The normalized spacial score (nSPS) is 14.0. The van der Waals surface area contributed by atoms with Crippen molar-refractivity contribution in [1.29, 1.82) is 0 Å². The lowest BCUT2D eigenvalue weighted by molar-refractivity contribution is -0.111. The van der Waals surface area contributed by atoms with Crippen LogP contribution in [0.1, 0.15) is 24.0 Å². The number of anilines is 2. The Morgan fingerprint density at radius 3 is 2.62 bits per heavy atom. The number of nitrogens with zero attached hydrogens (tertiary/aromatic N) is 1. The molecular weight excluding hydrogens is 331 g/mol. The minimum atomic E-state index is -0.455. The van der Waals surface area contributed by atoms with Crippen molar-refractivity contribution in [3.05, 3.63) is 59.4 Å². The molecule has 0 atom stereocenters. The number of aryl methyl sites for hydroxylation is 1. The van der Waals surface area contributed by atoms with Gasteiger partial charge < -0.3 is 15.0 Å². The zero-order valence-corrected chi connectivity index (χ0v) is 15.1. The van der Waals surface area contributed by atoms with Crippen LogP contribution >= 0.6 is 0 Å². The number of nitrogens with one attached hydrogen (secondary N) is 1. The van der Waals surface area contributed by atoms with Crippen LogP contribution in [0.25, 0.3) is 6.08 Å². The molecule has 0 spiro atoms. The second-order valence-corrected chi connectivity index (χ2v) is 6.41. The van der Waals surface area contributed by atoms with E-state index in [9.17, 15) is 9.18 Å². The molecule has 4 nitrogen and oxygen atoms in total. The summed E-state index contributed by atoms with van der Waals surface area (Å²) in [7, 11) is 1.42. The number of methoxy groups -OCH3 is 1. The van der Waals surface area contributed by atoms with E-state index in [-0.39, 0.29) is 11.7 Å². The number of hydrogen-bond donors (Lipinski definition) is 1. The summed E-state index contributed by atoms with van der Waals surface area (Å²) in [6.45, 7) is 4.24. The minimum Gasteiger partial charge on any atom is -0.494 e. The average Bonchev–Trinajstić information content (AvgIpc) is 3.14. The topological polar surface area (TPSA) is 41.6 Å². The largest absolute Gasteiger partial charge is 0.494 e. The Labute approximate surface area is 153 Å². The molecule has 1 saturated heterocycles. The van der Waals surface area contributed by atoms with Gasteiger partial charge in [-0.2, -0.15) is 0 Å². The lowest BCUT2D eigenvalue weighted by atomic mass is 10.1. The molecular formula is C21H23FN2O2. The van der Waals surface area contributed by atoms with E-state index in [1.165, 1.54) is 43.8 Å². The Hall–Kier alpha value is -2.82. The van der Waals surface area contributed by atoms with Crippen LogP contribution in [0.15, 0.2) is 42.5 Å². The van der Waals surface area contributed by atoms with Crippen LogP contribution in [0.5, 0.6) is 5.75 Å². The van der Waals surface area contributed by atoms with Gasteiger partial charge in [-0.3, -0.25) is 4.79 Å². The predicted octanol–water partition coefficient (Wildman–Crippen LogP) is 4.39. The van der Waals surface area contributed by atoms with Crippen LogP contribution in [-0.2, 0) is 4.79 Å². The van der Waals surface area contributed by atoms with Crippen LogP contribution < -0.4 is 15.0 Å². The highest BCUT2D eigenvalue weighted by molar-refractivity contribution is 6.02. The minimum absolute atomic E-state index is 0.181. The maximum Gasteiger partial charge on any atom is 0.248 e. The van der Waals surface area contributed by atoms with E-state index in [0.29, 0.717) is 5.56 Å². The second-order valence-electron chi connectivity index (χ2n) is 6.41. The highest BCUT2D eigenvalue weighted by Crippen LogP contribution is 2.26. The molecule has 1 fully saturated rings. The van der Waals surface area contributed by atoms with E-state index in [0.717, 1.165) is 24.3 Å². The van der Waals surface area contributed by atoms with Gasteiger partial charge in [-0.05, 0) is 67.3 Å². The number of amides is 1. The van der Waals surface area contributed by atoms with Crippen molar-refractivity contribution < 1.29 is 13.9 Å². The summed E-state index contributed by atoms with van der Waals surface area (Å²) in [6.07, 6.45) is 5.43. The van der Waals surface area contributed by atoms with Crippen molar-refractivity contribution in [2.45, 2.75) is 19.8 Å². The maximum atomic E-state index is 13.7. The Balaban J connectivity index is 1.64. The summed E-state index contributed by atoms with van der Waals surface area (Å²) in [5.74, 6) is -0.530. The second kappa shape index (κ2) is 8.04. The molecule has 26 heavy (non-hydrogen) atoms. The standard InChI is InChI=1S/C21H23FN2O2/c1-15-13-17(7-8-19(15)24-11-3-4-12-24)23-21(25)10-6-16-5-9-20(26-2)18(22)14-16/h5-10,13-14H,3-4,11-12H2,1-2H3,(H,23,25)/b10-6+. The molecule has 5 heteroatoms. The molecule has 0 radical (unpaired) electrons. The molecule has 1 amide bonds. The molecule has 1 aliphatic heterocycles. The molecule has 0 aliphatic carbocycles. The monoisotopic (exact) mass is 354 g/mol. The third kappa shape index (κ3) is 4.23. The number of benzene rings is 2. The molecule has 0 saturated carbocycles. The fourth-order valence-electron chi connectivity index (χ4n) is 3.19. The SMILES string of the molecule is COc1ccc(/C=C/C(=O)Nc2ccc(N3CCCC3)c(C)c2)cc1F. The first kappa shape index (κ1) is 18.0. The van der Waals surface area contributed by atoms with Gasteiger partial charge in [0.2, 0.25) is 5.91 Å². The molecule has 2 aromatic rings. The van der Waals surface area contributed by atoms with Gasteiger partial charge in [0.15, 0.2) is 11.6 Å². The molecule has 1 heterocycles. The maximum absolute atomic E-state index is 13.7. The van der Waals surface area contributed by atoms with E-state index < -0.39 is 5.82 Å². The number of carbonyl (C=O) groups excluding carboxylic acids is 1. The number of rotatable bonds is 5. The smallest absolute Gasteiger partial charge is 0.248 e. The zero-order valence-electron chi connectivity index (χ0n) is 15.1. The van der Waals surface area contributed by atoms with Gasteiger partial charge in [0.1, 0.15) is 0 Å². The van der Waals surface area contributed by atoms with Gasteiger partial charge in [0.25, 0.3) is 0 Å². The first-order chi connectivity index (χ1) is 12.6. The van der Waals surface area contributed by atoms with Gasteiger partial charge >= 0.3 is 0 Å². The summed E-state index contributed by atoms with van der Waals surface area (Å²) < 4.78 is 18.5. The Morgan fingerprint density at radius 1 is 1.19 bits per heavy atom. The number of carbonyl (C=O) groups is 1. The van der Waals surface area contributed by atoms with Gasteiger partial charge in [-0.1, -0.05) is 6.07 Å². The Bertz CT molecular complexity index is 827. The van der Waals surface area contributed by atoms with E-state index >= 15 is 0 Å². The van der Waals surface area contributed by atoms with Crippen LogP contribution in [0, 0.1) is 12.7 Å². The lowest BCUT2D eigenvalue weighted by Gasteiger charge is -2.20. The number of ether oxygens (including phenoxy) is 1. The number of halogens is 1. The summed E-state index contributed by atoms with van der Waals surface area (Å²) in [6, 6.07) is 10.5. The Morgan fingerprint density at radius 2 is 1.96 bits per heavy atom. The van der Waals surface area contributed by atoms with Crippen LogP contribution in [0.3, 0.4) is 0 Å². The fourth-order valence-corrected chi connectivity index (χ4v) is 3.19. The Kier molecular flexibility index (Phi) is 5.56. The third-order valence-electron chi connectivity index (χ3n) is 4.51. The van der Waals surface area contributed by atoms with E-state index in [2.05, 4.69) is 23.2 Å². The zero-order chi connectivity index (χ0) is 18.5. The van der Waals surface area contributed by atoms with Crippen LogP contribution in [0.4, 0.5) is 15.8 Å². The summed E-state index contributed by atoms with van der Waals surface area (Å²) in [5, 5.41) is 2.85. The van der Waals surface area contributed by atoms with Crippen molar-refractivity contribution in [3.63, 3.8) is 0 Å². The highest BCUT2D eigenvalue weighted by atomic mass is 19.1. The van der Waals surface area contributed by atoms with Gasteiger partial charge in [0, 0.05) is 30.5 Å². The van der Waals surface area contributed by atoms with Gasteiger partial charge in [0.05, 0.1) is 7.11 Å². The quantitative estimate of drug-likeness (QED) is 0.810. The molecule has 3 rings (SSSR count). The third-order valence-corrected chi connectivity index (χ3v) is 4.51. The molecule has 136 valence electrons. The van der Waals surface area contributed by atoms with E-state index in [4.69, 9.17) is 4.74 Å². The molecule has 2 aromatic carbocycles. The van der Waals surface area contributed by atoms with Crippen molar-refractivity contribution in [3.8, 4) is 5.75 Å². The van der Waals surface area contributed by atoms with Gasteiger partial charge in [-0.15, -0.1) is 0 Å². The van der Waals surface area contributed by atoms with Crippen molar-refractivity contribution in [1.82, 2.24) is 0 Å². The molecule has 0 unspecified atom stereocenters. The first-order valence-electron chi connectivity index (χ1n) is 8.75. The summed E-state index contributed by atoms with van der Waals surface area (Å²) in [4.78, 5) is 14.5. The first-order valence-corrected chi connectivity index (χ1v) is 8.75. The predicted molar refractivity (Wildman–Crippen MR) is 103 cm³/mol. The van der Waals surface area contributed by atoms with Crippen molar-refractivity contribution in [2.75, 3.05) is 30.4 Å². The summed E-state index contributed by atoms with van der Waals surface area (Å²) >= 11 is 0. The van der Waals surface area contributed by atoms with Crippen molar-refractivity contribution in [2.24, 2.45) is 0 Å². The fraction of sp³-hybridized carbons (Fsp3) is 0.286. The van der Waals surface area contributed by atoms with Crippen molar-refractivity contribution >= 4 is 23.4 Å². The van der Waals surface area contributed by atoms with Crippen LogP contribution in [-0.4, -0.2) is 26.1 Å². The lowest BCUT2D eigenvalue weighted by Crippen LogP contribution is -2.18. The van der Waals surface area contributed by atoms with E-state index in [1.54, 1.807) is 12.1 Å². The summed E-state index contributed by atoms with van der Waals surface area (Å²) in [5.41, 5.74) is 3.72. The molecule has 0 aromatic heterocycles. The molecule has 1 aliphatic rings. The highest BCUT2D eigenvalue weighted by Gasteiger charge is 2.14. The molecule has 1 N–H and O–H groups in total. The van der Waals surface area contributed by atoms with Gasteiger partial charge in [-0.25, -0.2) is 4.39 Å².